The lowest BCUT2D eigenvalue weighted by atomic mass is 9.73. The maximum atomic E-state index is 14.5. The summed E-state index contributed by atoms with van der Waals surface area (Å²) in [4.78, 5) is 30.4. The second kappa shape index (κ2) is 11.2. The summed E-state index contributed by atoms with van der Waals surface area (Å²) in [5.41, 5.74) is 0.113. The number of halogens is 1. The Morgan fingerprint density at radius 2 is 1.91 bits per heavy atom. The van der Waals surface area contributed by atoms with E-state index in [1.54, 1.807) is 39.0 Å². The highest BCUT2D eigenvalue weighted by Gasteiger charge is 2.42. The van der Waals surface area contributed by atoms with Crippen molar-refractivity contribution >= 4 is 33.3 Å². The maximum Gasteiger partial charge on any atom is 0.309 e. The molecule has 0 saturated heterocycles. The number of carbonyl (C=O) groups excluding carboxylic acids is 2. The van der Waals surface area contributed by atoms with Crippen molar-refractivity contribution in [1.82, 2.24) is 4.98 Å². The van der Waals surface area contributed by atoms with Crippen molar-refractivity contribution in [3.05, 3.63) is 40.7 Å². The van der Waals surface area contributed by atoms with Crippen LogP contribution in [-0.2, 0) is 19.1 Å². The van der Waals surface area contributed by atoms with Gasteiger partial charge in [-0.3, -0.25) is 9.59 Å². The highest BCUT2D eigenvalue weighted by Crippen LogP contribution is 2.33. The van der Waals surface area contributed by atoms with Gasteiger partial charge in [-0.2, -0.15) is 0 Å². The summed E-state index contributed by atoms with van der Waals surface area (Å²) in [6.45, 7) is 8.05. The normalized spacial score (nSPS) is 31.1. The van der Waals surface area contributed by atoms with Crippen molar-refractivity contribution in [2.24, 2.45) is 17.3 Å². The summed E-state index contributed by atoms with van der Waals surface area (Å²) in [7, 11) is 0. The molecule has 3 rings (SSSR count). The molecule has 2 heterocycles. The number of benzene rings is 1. The van der Waals surface area contributed by atoms with E-state index in [0.717, 1.165) is 15.2 Å². The SMILES string of the molecule is Cc1nc2cc([C@@H]3C/C=C(/F)COC[C@H](C)[C@H](O)[C@@H](C)C(=O)C(C)(C)[C@H](O)CC(=O)O3)ccc2s1. The number of aliphatic hydroxyl groups excluding tert-OH is 2. The first-order chi connectivity index (χ1) is 16.4. The van der Waals surface area contributed by atoms with Gasteiger partial charge in [0.05, 0.1) is 52.5 Å². The smallest absolute Gasteiger partial charge is 0.309 e. The summed E-state index contributed by atoms with van der Waals surface area (Å²) in [6, 6.07) is 5.51. The minimum atomic E-state index is -1.33. The number of thiazole rings is 1. The Morgan fingerprint density at radius 1 is 1.20 bits per heavy atom. The second-order valence-electron chi connectivity index (χ2n) is 9.90. The quantitative estimate of drug-likeness (QED) is 0.550. The van der Waals surface area contributed by atoms with Gasteiger partial charge in [0, 0.05) is 18.3 Å². The molecule has 0 fully saturated rings. The number of fused-ring (bicyclic) bond motifs is 1. The van der Waals surface area contributed by atoms with Crippen LogP contribution in [0.25, 0.3) is 10.2 Å². The monoisotopic (exact) mass is 507 g/mol. The number of aromatic nitrogens is 1. The number of nitrogens with zero attached hydrogens (tertiary/aromatic N) is 1. The first kappa shape index (κ1) is 27.4. The number of aliphatic hydroxyl groups is 2. The Bertz CT molecular complexity index is 1100. The fraction of sp³-hybridized carbons (Fsp3) is 0.577. The van der Waals surface area contributed by atoms with Crippen LogP contribution in [0.5, 0.6) is 0 Å². The van der Waals surface area contributed by atoms with Gasteiger partial charge in [0.1, 0.15) is 17.7 Å². The number of ketones is 1. The number of Topliss-reactive ketones (excluding diaryl/α,β-unsaturated/α-hetero) is 1. The minimum absolute atomic E-state index is 0.0568. The van der Waals surface area contributed by atoms with Gasteiger partial charge in [-0.15, -0.1) is 11.3 Å². The zero-order chi connectivity index (χ0) is 25.9. The molecule has 192 valence electrons. The average Bonchev–Trinajstić information content (AvgIpc) is 3.18. The first-order valence-corrected chi connectivity index (χ1v) is 12.6. The van der Waals surface area contributed by atoms with Crippen molar-refractivity contribution in [2.45, 2.75) is 65.8 Å². The van der Waals surface area contributed by atoms with E-state index in [1.807, 2.05) is 25.1 Å². The topological polar surface area (TPSA) is 106 Å². The molecule has 0 amide bonds. The number of rotatable bonds is 1. The van der Waals surface area contributed by atoms with Gasteiger partial charge < -0.3 is 19.7 Å². The molecule has 0 saturated carbocycles. The fourth-order valence-corrected chi connectivity index (χ4v) is 5.07. The van der Waals surface area contributed by atoms with Gasteiger partial charge in [-0.25, -0.2) is 9.37 Å². The van der Waals surface area contributed by atoms with E-state index in [4.69, 9.17) is 9.47 Å². The standard InChI is InChI=1S/C26H34FNO6S/c1-14-12-33-13-18(27)7-8-20(17-6-9-21-19(10-17)28-16(3)35-21)34-23(30)11-22(29)26(4,5)25(32)15(2)24(14)31/h6-7,9-10,14-15,20,22,24,29,31H,8,11-13H2,1-5H3/b18-7+/t14-,15+,20-,22+,24-/m0/s1. The molecule has 1 aliphatic heterocycles. The molecule has 1 aromatic carbocycles. The van der Waals surface area contributed by atoms with E-state index >= 15 is 0 Å². The second-order valence-corrected chi connectivity index (χ2v) is 11.1. The van der Waals surface area contributed by atoms with Gasteiger partial charge in [0.25, 0.3) is 0 Å². The van der Waals surface area contributed by atoms with Crippen LogP contribution in [-0.4, -0.2) is 52.4 Å². The fourth-order valence-electron chi connectivity index (χ4n) is 4.27. The third-order valence-corrected chi connectivity index (χ3v) is 7.63. The van der Waals surface area contributed by atoms with Crippen molar-refractivity contribution in [3.8, 4) is 0 Å². The maximum absolute atomic E-state index is 14.5. The molecule has 1 aliphatic rings. The molecule has 0 spiro atoms. The highest BCUT2D eigenvalue weighted by molar-refractivity contribution is 7.18. The van der Waals surface area contributed by atoms with Gasteiger partial charge in [-0.05, 0) is 30.7 Å². The summed E-state index contributed by atoms with van der Waals surface area (Å²) >= 11 is 1.55. The molecule has 0 bridgehead atoms. The third kappa shape index (κ3) is 6.52. The Labute approximate surface area is 209 Å². The van der Waals surface area contributed by atoms with E-state index in [2.05, 4.69) is 4.98 Å². The van der Waals surface area contributed by atoms with Gasteiger partial charge in [0.2, 0.25) is 0 Å². The summed E-state index contributed by atoms with van der Waals surface area (Å²) in [5, 5.41) is 22.3. The Balaban J connectivity index is 1.91. The van der Waals surface area contributed by atoms with Crippen molar-refractivity contribution in [3.63, 3.8) is 0 Å². The molecular formula is C26H34FNO6S. The van der Waals surface area contributed by atoms with Crippen molar-refractivity contribution < 1.29 is 33.7 Å². The summed E-state index contributed by atoms with van der Waals surface area (Å²) in [5.74, 6) is -2.87. The van der Waals surface area contributed by atoms with Crippen LogP contribution in [0.4, 0.5) is 4.39 Å². The number of esters is 1. The van der Waals surface area contributed by atoms with Crippen LogP contribution in [0, 0.1) is 24.2 Å². The van der Waals surface area contributed by atoms with Crippen LogP contribution in [0.15, 0.2) is 30.1 Å². The molecule has 2 N–H and O–H groups in total. The lowest BCUT2D eigenvalue weighted by Gasteiger charge is -2.34. The predicted molar refractivity (Wildman–Crippen MR) is 132 cm³/mol. The van der Waals surface area contributed by atoms with Crippen molar-refractivity contribution in [1.29, 1.82) is 0 Å². The number of ether oxygens (including phenoxy) is 2. The molecule has 5 atom stereocenters. The van der Waals surface area contributed by atoms with Gasteiger partial charge in [0.15, 0.2) is 0 Å². The molecule has 9 heteroatoms. The van der Waals surface area contributed by atoms with E-state index in [9.17, 15) is 24.2 Å². The van der Waals surface area contributed by atoms with E-state index in [0.29, 0.717) is 5.56 Å². The number of cyclic esters (lactones) is 1. The number of aryl methyl sites for hydroxylation is 1. The molecular weight excluding hydrogens is 473 g/mol. The van der Waals surface area contributed by atoms with Gasteiger partial charge >= 0.3 is 5.97 Å². The average molecular weight is 508 g/mol. The van der Waals surface area contributed by atoms with Crippen LogP contribution in [0.1, 0.15) is 57.2 Å². The molecule has 0 aliphatic carbocycles. The lowest BCUT2D eigenvalue weighted by Crippen LogP contribution is -2.46. The van der Waals surface area contributed by atoms with Crippen molar-refractivity contribution in [2.75, 3.05) is 13.2 Å². The van der Waals surface area contributed by atoms with Crippen LogP contribution < -0.4 is 0 Å². The largest absolute Gasteiger partial charge is 0.457 e. The lowest BCUT2D eigenvalue weighted by molar-refractivity contribution is -0.156. The Hall–Kier alpha value is -2.20. The first-order valence-electron chi connectivity index (χ1n) is 11.8. The zero-order valence-electron chi connectivity index (χ0n) is 20.8. The zero-order valence-corrected chi connectivity index (χ0v) is 21.6. The summed E-state index contributed by atoms with van der Waals surface area (Å²) < 4.78 is 26.6. The number of hydrogen-bond acceptors (Lipinski definition) is 8. The predicted octanol–water partition coefficient (Wildman–Crippen LogP) is 4.44. The highest BCUT2D eigenvalue weighted by atomic mass is 32.1. The van der Waals surface area contributed by atoms with E-state index < -0.39 is 53.8 Å². The van der Waals surface area contributed by atoms with Crippen LogP contribution in [0.2, 0.25) is 0 Å². The van der Waals surface area contributed by atoms with E-state index in [1.165, 1.54) is 6.08 Å². The summed E-state index contributed by atoms with van der Waals surface area (Å²) in [6.07, 6.45) is -2.22. The number of hydrogen-bond donors (Lipinski definition) is 2. The molecule has 0 radical (unpaired) electrons. The minimum Gasteiger partial charge on any atom is -0.457 e. The Morgan fingerprint density at radius 3 is 2.63 bits per heavy atom. The third-order valence-electron chi connectivity index (χ3n) is 6.68. The molecule has 2 aromatic rings. The molecule has 35 heavy (non-hydrogen) atoms. The molecule has 1 aromatic heterocycles. The van der Waals surface area contributed by atoms with Gasteiger partial charge in [-0.1, -0.05) is 33.8 Å². The Kier molecular flexibility index (Phi) is 8.80. The molecule has 7 nitrogen and oxygen atoms in total. The molecule has 0 unspecified atom stereocenters. The van der Waals surface area contributed by atoms with Crippen LogP contribution >= 0.6 is 11.3 Å². The van der Waals surface area contributed by atoms with Crippen LogP contribution in [0.3, 0.4) is 0 Å². The van der Waals surface area contributed by atoms with E-state index in [-0.39, 0.29) is 25.4 Å². The number of carbonyl (C=O) groups is 2.